The van der Waals surface area contributed by atoms with E-state index in [1.807, 2.05) is 4.57 Å². The third kappa shape index (κ3) is 2.16. The van der Waals surface area contributed by atoms with Gasteiger partial charge in [0.25, 0.3) is 0 Å². The molecule has 0 fully saturated rings. The second-order valence-corrected chi connectivity index (χ2v) is 6.11. The van der Waals surface area contributed by atoms with E-state index < -0.39 is 0 Å². The lowest BCUT2D eigenvalue weighted by Crippen LogP contribution is -2.10. The van der Waals surface area contributed by atoms with Crippen LogP contribution >= 0.6 is 11.6 Å². The lowest BCUT2D eigenvalue weighted by atomic mass is 9.87. The van der Waals surface area contributed by atoms with E-state index in [4.69, 9.17) is 11.6 Å². The molecule has 2 heterocycles. The van der Waals surface area contributed by atoms with Crippen LogP contribution in [0.5, 0.6) is 0 Å². The molecule has 4 nitrogen and oxygen atoms in total. The van der Waals surface area contributed by atoms with Gasteiger partial charge in [-0.05, 0) is 23.1 Å². The summed E-state index contributed by atoms with van der Waals surface area (Å²) in [6.45, 7) is 6.59. The van der Waals surface area contributed by atoms with Gasteiger partial charge in [0.05, 0.1) is 0 Å². The van der Waals surface area contributed by atoms with Crippen LogP contribution in [0.25, 0.3) is 16.9 Å². The Bertz CT molecular complexity index is 754. The molecule has 0 saturated heterocycles. The standard InChI is InChI=1S/C15H15ClN4/c1-15(2,3)10-4-6-11(7-5-10)20-9-19-12-13(16)17-8-18-14(12)20/h4-9H,1-3H3. The maximum Gasteiger partial charge on any atom is 0.169 e. The maximum absolute atomic E-state index is 6.02. The molecule has 0 atom stereocenters. The summed E-state index contributed by atoms with van der Waals surface area (Å²) >= 11 is 6.02. The van der Waals surface area contributed by atoms with E-state index in [1.165, 1.54) is 11.9 Å². The van der Waals surface area contributed by atoms with Crippen molar-refractivity contribution in [3.63, 3.8) is 0 Å². The van der Waals surface area contributed by atoms with Gasteiger partial charge in [0.1, 0.15) is 18.2 Å². The van der Waals surface area contributed by atoms with Crippen LogP contribution in [0.1, 0.15) is 26.3 Å². The molecule has 1 aromatic carbocycles. The second kappa shape index (κ2) is 4.56. The third-order valence-electron chi connectivity index (χ3n) is 3.30. The quantitative estimate of drug-likeness (QED) is 0.640. The van der Waals surface area contributed by atoms with Crippen LogP contribution in [0.4, 0.5) is 0 Å². The second-order valence-electron chi connectivity index (χ2n) is 5.75. The largest absolute Gasteiger partial charge is 0.283 e. The van der Waals surface area contributed by atoms with E-state index in [0.29, 0.717) is 16.3 Å². The molecule has 0 aliphatic rings. The molecule has 0 amide bonds. The average Bonchev–Trinajstić information content (AvgIpc) is 2.83. The van der Waals surface area contributed by atoms with E-state index in [9.17, 15) is 0 Å². The lowest BCUT2D eigenvalue weighted by Gasteiger charge is -2.19. The van der Waals surface area contributed by atoms with Crippen molar-refractivity contribution in [2.75, 3.05) is 0 Å². The van der Waals surface area contributed by atoms with Crippen LogP contribution in [0.3, 0.4) is 0 Å². The highest BCUT2D eigenvalue weighted by Gasteiger charge is 2.14. The highest BCUT2D eigenvalue weighted by molar-refractivity contribution is 6.33. The normalized spacial score (nSPS) is 12.0. The van der Waals surface area contributed by atoms with E-state index >= 15 is 0 Å². The van der Waals surface area contributed by atoms with Gasteiger partial charge in [0, 0.05) is 5.69 Å². The van der Waals surface area contributed by atoms with E-state index in [2.05, 4.69) is 60.0 Å². The minimum absolute atomic E-state index is 0.140. The zero-order chi connectivity index (χ0) is 14.3. The SMILES string of the molecule is CC(C)(C)c1ccc(-n2cnc3c(Cl)ncnc32)cc1. The van der Waals surface area contributed by atoms with Crippen LogP contribution in [0, 0.1) is 0 Å². The number of hydrogen-bond donors (Lipinski definition) is 0. The molecular formula is C15H15ClN4. The molecule has 20 heavy (non-hydrogen) atoms. The number of imidazole rings is 1. The van der Waals surface area contributed by atoms with Gasteiger partial charge < -0.3 is 0 Å². The Hall–Kier alpha value is -1.94. The number of benzene rings is 1. The predicted octanol–water partition coefficient (Wildman–Crippen LogP) is 3.77. The first-order chi connectivity index (χ1) is 9.47. The van der Waals surface area contributed by atoms with Gasteiger partial charge in [0.15, 0.2) is 10.8 Å². The summed E-state index contributed by atoms with van der Waals surface area (Å²) in [5.74, 6) is 0. The molecule has 0 unspecified atom stereocenters. The molecule has 3 aromatic rings. The van der Waals surface area contributed by atoms with Gasteiger partial charge in [-0.15, -0.1) is 0 Å². The number of nitrogens with zero attached hydrogens (tertiary/aromatic N) is 4. The minimum atomic E-state index is 0.140. The summed E-state index contributed by atoms with van der Waals surface area (Å²) in [5, 5.41) is 0.375. The highest BCUT2D eigenvalue weighted by atomic mass is 35.5. The summed E-state index contributed by atoms with van der Waals surface area (Å²) in [6.07, 6.45) is 3.17. The van der Waals surface area contributed by atoms with Crippen LogP contribution in [-0.2, 0) is 5.41 Å². The van der Waals surface area contributed by atoms with Crippen LogP contribution in [-0.4, -0.2) is 19.5 Å². The number of hydrogen-bond acceptors (Lipinski definition) is 3. The van der Waals surface area contributed by atoms with Gasteiger partial charge in [-0.25, -0.2) is 15.0 Å². The average molecular weight is 287 g/mol. The first-order valence-electron chi connectivity index (χ1n) is 6.41. The van der Waals surface area contributed by atoms with Crippen LogP contribution in [0.15, 0.2) is 36.9 Å². The fourth-order valence-corrected chi connectivity index (χ4v) is 2.29. The van der Waals surface area contributed by atoms with E-state index in [1.54, 1.807) is 6.33 Å². The highest BCUT2D eigenvalue weighted by Crippen LogP contribution is 2.25. The molecule has 0 saturated carbocycles. The van der Waals surface area contributed by atoms with E-state index in [0.717, 1.165) is 5.69 Å². The molecule has 3 rings (SSSR count). The summed E-state index contributed by atoms with van der Waals surface area (Å²) in [5.41, 5.74) is 3.78. The van der Waals surface area contributed by atoms with Crippen molar-refractivity contribution < 1.29 is 0 Å². The zero-order valence-corrected chi connectivity index (χ0v) is 12.4. The fourth-order valence-electron chi connectivity index (χ4n) is 2.12. The molecule has 0 aliphatic carbocycles. The van der Waals surface area contributed by atoms with Crippen molar-refractivity contribution in [3.8, 4) is 5.69 Å². The fraction of sp³-hybridized carbons (Fsp3) is 0.267. The van der Waals surface area contributed by atoms with Crippen LogP contribution in [0.2, 0.25) is 5.15 Å². The summed E-state index contributed by atoms with van der Waals surface area (Å²) in [7, 11) is 0. The Morgan fingerprint density at radius 1 is 1.00 bits per heavy atom. The Labute approximate surface area is 122 Å². The summed E-state index contributed by atoms with van der Waals surface area (Å²) in [4.78, 5) is 12.5. The first kappa shape index (κ1) is 13.1. The number of rotatable bonds is 1. The van der Waals surface area contributed by atoms with E-state index in [-0.39, 0.29) is 5.41 Å². The molecule has 2 aromatic heterocycles. The van der Waals surface area contributed by atoms with Crippen LogP contribution < -0.4 is 0 Å². The minimum Gasteiger partial charge on any atom is -0.283 e. The van der Waals surface area contributed by atoms with Gasteiger partial charge in [-0.3, -0.25) is 4.57 Å². The van der Waals surface area contributed by atoms with Crippen molar-refractivity contribution in [2.45, 2.75) is 26.2 Å². The van der Waals surface area contributed by atoms with Gasteiger partial charge in [-0.2, -0.15) is 0 Å². The molecule has 0 N–H and O–H groups in total. The molecule has 0 aliphatic heterocycles. The Morgan fingerprint density at radius 2 is 1.70 bits per heavy atom. The Morgan fingerprint density at radius 3 is 2.35 bits per heavy atom. The number of halogens is 1. The molecular weight excluding hydrogens is 272 g/mol. The monoisotopic (exact) mass is 286 g/mol. The smallest absolute Gasteiger partial charge is 0.169 e. The molecule has 0 spiro atoms. The molecule has 5 heteroatoms. The van der Waals surface area contributed by atoms with Crippen molar-refractivity contribution in [1.82, 2.24) is 19.5 Å². The molecule has 0 radical (unpaired) electrons. The predicted molar refractivity (Wildman–Crippen MR) is 80.4 cm³/mol. The van der Waals surface area contributed by atoms with Crippen molar-refractivity contribution >= 4 is 22.8 Å². The Balaban J connectivity index is 2.10. The van der Waals surface area contributed by atoms with Gasteiger partial charge in [-0.1, -0.05) is 44.5 Å². The van der Waals surface area contributed by atoms with Crippen molar-refractivity contribution in [1.29, 1.82) is 0 Å². The first-order valence-corrected chi connectivity index (χ1v) is 6.79. The number of aromatic nitrogens is 4. The van der Waals surface area contributed by atoms with Gasteiger partial charge in [0.2, 0.25) is 0 Å². The zero-order valence-electron chi connectivity index (χ0n) is 11.6. The van der Waals surface area contributed by atoms with Crippen molar-refractivity contribution in [2.24, 2.45) is 0 Å². The Kier molecular flexibility index (Phi) is 2.98. The summed E-state index contributed by atoms with van der Waals surface area (Å²) < 4.78 is 1.91. The molecule has 102 valence electrons. The lowest BCUT2D eigenvalue weighted by molar-refractivity contribution is 0.590. The van der Waals surface area contributed by atoms with Gasteiger partial charge >= 0.3 is 0 Å². The summed E-state index contributed by atoms with van der Waals surface area (Å²) in [6, 6.07) is 8.39. The number of fused-ring (bicyclic) bond motifs is 1. The maximum atomic E-state index is 6.02. The third-order valence-corrected chi connectivity index (χ3v) is 3.58. The molecule has 0 bridgehead atoms. The topological polar surface area (TPSA) is 43.6 Å². The van der Waals surface area contributed by atoms with Crippen molar-refractivity contribution in [3.05, 3.63) is 47.6 Å².